The molecule has 1 aliphatic heterocycles. The van der Waals surface area contributed by atoms with E-state index in [0.29, 0.717) is 12.0 Å². The Balaban J connectivity index is 2.83. The predicted octanol–water partition coefficient (Wildman–Crippen LogP) is 2.48. The lowest BCUT2D eigenvalue weighted by atomic mass is 10.0. The van der Waals surface area contributed by atoms with E-state index in [1.54, 1.807) is 19.1 Å². The zero-order chi connectivity index (χ0) is 9.30. The van der Waals surface area contributed by atoms with Crippen LogP contribution in [0.3, 0.4) is 0 Å². The van der Waals surface area contributed by atoms with Gasteiger partial charge in [-0.25, -0.2) is 4.31 Å². The molecule has 3 heteroatoms. The summed E-state index contributed by atoms with van der Waals surface area (Å²) in [6, 6.07) is 0.444. The molecule has 0 aromatic carbocycles. The van der Waals surface area contributed by atoms with Gasteiger partial charge in [-0.2, -0.15) is 0 Å². The Bertz CT molecular complexity index is 201. The third-order valence-electron chi connectivity index (χ3n) is 2.14. The van der Waals surface area contributed by atoms with Crippen LogP contribution in [0.1, 0.15) is 20.8 Å². The molecule has 0 N–H and O–H groups in total. The zero-order valence-corrected chi connectivity index (χ0v) is 9.23. The number of rotatable bonds is 2. The number of nitrogens with zero attached hydrogens (tertiary/aromatic N) is 1. The van der Waals surface area contributed by atoms with Crippen LogP contribution in [0.25, 0.3) is 0 Å². The molecule has 0 aromatic heterocycles. The molecule has 0 bridgehead atoms. The molecule has 12 heavy (non-hydrogen) atoms. The molecule has 1 heterocycles. The third kappa shape index (κ3) is 1.62. The molecule has 0 radical (unpaired) electrons. The largest absolute Gasteiger partial charge is 0.499 e. The van der Waals surface area contributed by atoms with Gasteiger partial charge in [-0.15, -0.1) is 0 Å². The molecule has 0 spiro atoms. The minimum Gasteiger partial charge on any atom is -0.499 e. The normalized spacial score (nSPS) is 25.7. The van der Waals surface area contributed by atoms with Crippen molar-refractivity contribution in [2.75, 3.05) is 14.2 Å². The Morgan fingerprint density at radius 2 is 2.08 bits per heavy atom. The molecule has 70 valence electrons. The average Bonchev–Trinajstić information content (AvgIpc) is 2.24. The fourth-order valence-corrected chi connectivity index (χ4v) is 2.86. The summed E-state index contributed by atoms with van der Waals surface area (Å²) in [5.41, 5.74) is 0. The first kappa shape index (κ1) is 9.93. The zero-order valence-electron chi connectivity index (χ0n) is 8.42. The molecule has 1 unspecified atom stereocenters. The van der Waals surface area contributed by atoms with Crippen LogP contribution >= 0.6 is 11.9 Å². The van der Waals surface area contributed by atoms with Gasteiger partial charge in [-0.1, -0.05) is 13.8 Å². The summed E-state index contributed by atoms with van der Waals surface area (Å²) in [6.45, 7) is 6.56. The van der Waals surface area contributed by atoms with Crippen molar-refractivity contribution in [3.8, 4) is 0 Å². The molecule has 1 aliphatic rings. The number of hydrogen-bond donors (Lipinski definition) is 0. The molecule has 1 atom stereocenters. The van der Waals surface area contributed by atoms with Crippen LogP contribution in [-0.2, 0) is 4.74 Å². The van der Waals surface area contributed by atoms with E-state index in [9.17, 15) is 0 Å². The Morgan fingerprint density at radius 3 is 2.42 bits per heavy atom. The van der Waals surface area contributed by atoms with E-state index < -0.39 is 0 Å². The monoisotopic (exact) mass is 187 g/mol. The summed E-state index contributed by atoms with van der Waals surface area (Å²) in [6.07, 6.45) is 0. The van der Waals surface area contributed by atoms with E-state index in [1.807, 2.05) is 0 Å². The summed E-state index contributed by atoms with van der Waals surface area (Å²) >= 11 is 1.78. The fourth-order valence-electron chi connectivity index (χ4n) is 1.68. The van der Waals surface area contributed by atoms with Crippen molar-refractivity contribution in [3.05, 3.63) is 10.7 Å². The van der Waals surface area contributed by atoms with Gasteiger partial charge in [0.2, 0.25) is 0 Å². The Labute approximate surface area is 79.1 Å². The van der Waals surface area contributed by atoms with Crippen LogP contribution in [0.15, 0.2) is 10.7 Å². The lowest BCUT2D eigenvalue weighted by Gasteiger charge is -2.23. The highest BCUT2D eigenvalue weighted by atomic mass is 32.2. The highest BCUT2D eigenvalue weighted by molar-refractivity contribution is 8.01. The Hall–Kier alpha value is -0.150. The van der Waals surface area contributed by atoms with Crippen LogP contribution in [0, 0.1) is 5.92 Å². The van der Waals surface area contributed by atoms with E-state index in [-0.39, 0.29) is 0 Å². The van der Waals surface area contributed by atoms with Gasteiger partial charge in [0, 0.05) is 4.91 Å². The highest BCUT2D eigenvalue weighted by Crippen LogP contribution is 2.39. The molecule has 0 amide bonds. The molecule has 2 nitrogen and oxygen atoms in total. The van der Waals surface area contributed by atoms with Crippen molar-refractivity contribution >= 4 is 11.9 Å². The molecule has 0 aliphatic carbocycles. The van der Waals surface area contributed by atoms with Gasteiger partial charge in [-0.05, 0) is 31.8 Å². The molecular weight excluding hydrogens is 170 g/mol. The highest BCUT2D eigenvalue weighted by Gasteiger charge is 2.32. The standard InChI is InChI=1S/C9H17NOS/c1-6(2)8-9(11-5)7(3)12-10(8)4/h6,8H,1-5H3. The minimum absolute atomic E-state index is 0.444. The minimum atomic E-state index is 0.444. The van der Waals surface area contributed by atoms with Gasteiger partial charge in [0.15, 0.2) is 0 Å². The number of allylic oxidation sites excluding steroid dienone is 1. The van der Waals surface area contributed by atoms with Gasteiger partial charge < -0.3 is 4.74 Å². The number of hydrogen-bond acceptors (Lipinski definition) is 3. The molecule has 0 saturated carbocycles. The predicted molar refractivity (Wildman–Crippen MR) is 53.7 cm³/mol. The Kier molecular flexibility index (Phi) is 3.07. The van der Waals surface area contributed by atoms with Crippen LogP contribution in [0.4, 0.5) is 0 Å². The number of methoxy groups -OCH3 is 1. The molecular formula is C9H17NOS. The lowest BCUT2D eigenvalue weighted by molar-refractivity contribution is 0.207. The van der Waals surface area contributed by atoms with Crippen molar-refractivity contribution in [3.63, 3.8) is 0 Å². The second-order valence-corrected chi connectivity index (χ2v) is 4.82. The van der Waals surface area contributed by atoms with Crippen molar-refractivity contribution in [1.82, 2.24) is 4.31 Å². The summed E-state index contributed by atoms with van der Waals surface area (Å²) < 4.78 is 7.65. The topological polar surface area (TPSA) is 12.5 Å². The maximum atomic E-state index is 5.38. The van der Waals surface area contributed by atoms with Crippen LogP contribution < -0.4 is 0 Å². The first-order valence-corrected chi connectivity index (χ1v) is 5.00. The van der Waals surface area contributed by atoms with E-state index >= 15 is 0 Å². The molecule has 0 aromatic rings. The quantitative estimate of drug-likeness (QED) is 0.616. The molecule has 1 rings (SSSR count). The van der Waals surface area contributed by atoms with Gasteiger partial charge in [0.25, 0.3) is 0 Å². The van der Waals surface area contributed by atoms with E-state index in [4.69, 9.17) is 4.74 Å². The van der Waals surface area contributed by atoms with E-state index in [1.165, 1.54) is 4.91 Å². The number of likely N-dealkylation sites (N-methyl/N-ethyl adjacent to an activating group) is 1. The second-order valence-electron chi connectivity index (χ2n) is 3.45. The van der Waals surface area contributed by atoms with E-state index in [0.717, 1.165) is 5.76 Å². The van der Waals surface area contributed by atoms with Gasteiger partial charge >= 0.3 is 0 Å². The van der Waals surface area contributed by atoms with Crippen molar-refractivity contribution < 1.29 is 4.74 Å². The van der Waals surface area contributed by atoms with Crippen molar-refractivity contribution in [2.24, 2.45) is 5.92 Å². The van der Waals surface area contributed by atoms with Crippen molar-refractivity contribution in [1.29, 1.82) is 0 Å². The third-order valence-corrected chi connectivity index (χ3v) is 3.13. The maximum Gasteiger partial charge on any atom is 0.124 e. The molecule has 0 saturated heterocycles. The maximum absolute atomic E-state index is 5.38. The van der Waals surface area contributed by atoms with E-state index in [2.05, 4.69) is 32.1 Å². The van der Waals surface area contributed by atoms with Crippen LogP contribution in [-0.4, -0.2) is 24.5 Å². The lowest BCUT2D eigenvalue weighted by Crippen LogP contribution is -2.29. The summed E-state index contributed by atoms with van der Waals surface area (Å²) in [7, 11) is 3.87. The summed E-state index contributed by atoms with van der Waals surface area (Å²) in [4.78, 5) is 1.29. The van der Waals surface area contributed by atoms with Gasteiger partial charge in [0.1, 0.15) is 5.76 Å². The fraction of sp³-hybridized carbons (Fsp3) is 0.778. The van der Waals surface area contributed by atoms with Crippen LogP contribution in [0.5, 0.6) is 0 Å². The van der Waals surface area contributed by atoms with Crippen molar-refractivity contribution in [2.45, 2.75) is 26.8 Å². The summed E-state index contributed by atoms with van der Waals surface area (Å²) in [5, 5.41) is 0. The van der Waals surface area contributed by atoms with Gasteiger partial charge in [0.05, 0.1) is 13.2 Å². The smallest absolute Gasteiger partial charge is 0.124 e. The average molecular weight is 187 g/mol. The Morgan fingerprint density at radius 1 is 1.50 bits per heavy atom. The second kappa shape index (κ2) is 3.71. The number of ether oxygens (including phenoxy) is 1. The van der Waals surface area contributed by atoms with Gasteiger partial charge in [-0.3, -0.25) is 0 Å². The SMILES string of the molecule is COC1=C(C)SN(C)C1C(C)C. The first-order chi connectivity index (χ1) is 5.57. The first-order valence-electron chi connectivity index (χ1n) is 4.23. The molecule has 0 fully saturated rings. The summed E-state index contributed by atoms with van der Waals surface area (Å²) in [5.74, 6) is 1.74. The van der Waals surface area contributed by atoms with Crippen LogP contribution in [0.2, 0.25) is 0 Å².